The SMILES string of the molecule is O=[N+]([O-])c1ccc(C2NC(c3ccccc3)Cc3c2[nH]c2ccccc32)cc1. The van der Waals surface area contributed by atoms with E-state index in [1.54, 1.807) is 12.1 Å². The molecule has 2 N–H and O–H groups in total. The lowest BCUT2D eigenvalue weighted by Crippen LogP contribution is -2.34. The van der Waals surface area contributed by atoms with Crippen LogP contribution >= 0.6 is 0 Å². The van der Waals surface area contributed by atoms with Gasteiger partial charge in [-0.25, -0.2) is 0 Å². The van der Waals surface area contributed by atoms with Crippen LogP contribution in [0.3, 0.4) is 0 Å². The van der Waals surface area contributed by atoms with Gasteiger partial charge in [0.1, 0.15) is 0 Å². The number of nitrogens with zero attached hydrogens (tertiary/aromatic N) is 1. The molecule has 1 aliphatic rings. The van der Waals surface area contributed by atoms with E-state index in [0.29, 0.717) is 0 Å². The Hall–Kier alpha value is -3.44. The molecule has 28 heavy (non-hydrogen) atoms. The maximum Gasteiger partial charge on any atom is 0.269 e. The first-order chi connectivity index (χ1) is 13.7. The Bertz CT molecular complexity index is 1150. The topological polar surface area (TPSA) is 71.0 Å². The molecule has 4 aromatic rings. The molecule has 0 saturated carbocycles. The third kappa shape index (κ3) is 2.77. The van der Waals surface area contributed by atoms with Crippen molar-refractivity contribution in [1.29, 1.82) is 0 Å². The molecular formula is C23H19N3O2. The van der Waals surface area contributed by atoms with E-state index >= 15 is 0 Å². The van der Waals surface area contributed by atoms with Crippen molar-refractivity contribution >= 4 is 16.6 Å². The zero-order chi connectivity index (χ0) is 19.1. The van der Waals surface area contributed by atoms with Crippen molar-refractivity contribution in [3.63, 3.8) is 0 Å². The Kier molecular flexibility index (Phi) is 3.95. The van der Waals surface area contributed by atoms with E-state index in [2.05, 4.69) is 52.8 Å². The molecule has 1 aliphatic heterocycles. The minimum atomic E-state index is -0.362. The Balaban J connectivity index is 1.64. The van der Waals surface area contributed by atoms with E-state index in [0.717, 1.165) is 23.2 Å². The molecule has 0 amide bonds. The van der Waals surface area contributed by atoms with E-state index < -0.39 is 0 Å². The highest BCUT2D eigenvalue weighted by molar-refractivity contribution is 5.85. The number of rotatable bonds is 3. The molecule has 0 saturated heterocycles. The predicted molar refractivity (Wildman–Crippen MR) is 109 cm³/mol. The minimum Gasteiger partial charge on any atom is -0.357 e. The summed E-state index contributed by atoms with van der Waals surface area (Å²) in [5.41, 5.74) is 5.93. The van der Waals surface area contributed by atoms with Crippen molar-refractivity contribution in [1.82, 2.24) is 10.3 Å². The Morgan fingerprint density at radius 1 is 0.857 bits per heavy atom. The first-order valence-corrected chi connectivity index (χ1v) is 9.35. The molecule has 5 nitrogen and oxygen atoms in total. The van der Waals surface area contributed by atoms with Gasteiger partial charge in [-0.2, -0.15) is 0 Å². The van der Waals surface area contributed by atoms with Crippen LogP contribution in [0.2, 0.25) is 0 Å². The van der Waals surface area contributed by atoms with Crippen LogP contribution in [-0.4, -0.2) is 9.91 Å². The first kappa shape index (κ1) is 16.7. The molecule has 3 aromatic carbocycles. The summed E-state index contributed by atoms with van der Waals surface area (Å²) in [4.78, 5) is 14.2. The van der Waals surface area contributed by atoms with Crippen molar-refractivity contribution in [2.75, 3.05) is 0 Å². The van der Waals surface area contributed by atoms with Gasteiger partial charge in [-0.05, 0) is 29.2 Å². The second kappa shape index (κ2) is 6.62. The van der Waals surface area contributed by atoms with E-state index in [1.165, 1.54) is 16.5 Å². The third-order valence-electron chi connectivity index (χ3n) is 5.55. The lowest BCUT2D eigenvalue weighted by Gasteiger charge is -2.32. The van der Waals surface area contributed by atoms with Crippen LogP contribution in [0.25, 0.3) is 10.9 Å². The lowest BCUT2D eigenvalue weighted by molar-refractivity contribution is -0.384. The summed E-state index contributed by atoms with van der Waals surface area (Å²) in [6.45, 7) is 0. The maximum absolute atomic E-state index is 11.0. The summed E-state index contributed by atoms with van der Waals surface area (Å²) in [5, 5.41) is 16.0. The smallest absolute Gasteiger partial charge is 0.269 e. The van der Waals surface area contributed by atoms with Gasteiger partial charge in [-0.3, -0.25) is 15.4 Å². The summed E-state index contributed by atoms with van der Waals surface area (Å²) in [6.07, 6.45) is 0.896. The van der Waals surface area contributed by atoms with Gasteiger partial charge < -0.3 is 4.98 Å². The molecule has 0 aliphatic carbocycles. The van der Waals surface area contributed by atoms with E-state index in [9.17, 15) is 10.1 Å². The van der Waals surface area contributed by atoms with Gasteiger partial charge in [0, 0.05) is 34.8 Å². The molecule has 0 radical (unpaired) electrons. The van der Waals surface area contributed by atoms with Gasteiger partial charge in [0.05, 0.1) is 11.0 Å². The lowest BCUT2D eigenvalue weighted by atomic mass is 9.87. The second-order valence-corrected chi connectivity index (χ2v) is 7.18. The molecule has 2 unspecified atom stereocenters. The Labute approximate surface area is 162 Å². The first-order valence-electron chi connectivity index (χ1n) is 9.35. The van der Waals surface area contributed by atoms with Crippen LogP contribution in [0.5, 0.6) is 0 Å². The highest BCUT2D eigenvalue weighted by atomic mass is 16.6. The zero-order valence-corrected chi connectivity index (χ0v) is 15.1. The average molecular weight is 369 g/mol. The maximum atomic E-state index is 11.0. The molecule has 5 heteroatoms. The number of aromatic nitrogens is 1. The molecule has 0 fully saturated rings. The fraction of sp³-hybridized carbons (Fsp3) is 0.130. The number of H-pyrrole nitrogens is 1. The van der Waals surface area contributed by atoms with Crippen LogP contribution in [0, 0.1) is 10.1 Å². The van der Waals surface area contributed by atoms with Crippen molar-refractivity contribution in [2.24, 2.45) is 0 Å². The number of fused-ring (bicyclic) bond motifs is 3. The van der Waals surface area contributed by atoms with Crippen LogP contribution < -0.4 is 5.32 Å². The van der Waals surface area contributed by atoms with Gasteiger partial charge >= 0.3 is 0 Å². The molecule has 5 rings (SSSR count). The third-order valence-corrected chi connectivity index (χ3v) is 5.55. The van der Waals surface area contributed by atoms with Crippen LogP contribution in [-0.2, 0) is 6.42 Å². The van der Waals surface area contributed by atoms with Crippen molar-refractivity contribution in [2.45, 2.75) is 18.5 Å². The monoisotopic (exact) mass is 369 g/mol. The Morgan fingerprint density at radius 2 is 1.57 bits per heavy atom. The number of hydrogen-bond acceptors (Lipinski definition) is 3. The minimum absolute atomic E-state index is 0.0536. The van der Waals surface area contributed by atoms with Gasteiger partial charge in [0.25, 0.3) is 5.69 Å². The molecule has 138 valence electrons. The summed E-state index contributed by atoms with van der Waals surface area (Å²) >= 11 is 0. The van der Waals surface area contributed by atoms with E-state index in [-0.39, 0.29) is 22.7 Å². The Morgan fingerprint density at radius 3 is 2.32 bits per heavy atom. The standard InChI is InChI=1S/C23H19N3O2/c27-26(28)17-12-10-16(11-13-17)22-23-19(18-8-4-5-9-20(18)24-23)14-21(25-22)15-6-2-1-3-7-15/h1-13,21-22,24-25H,14H2. The largest absolute Gasteiger partial charge is 0.357 e. The number of nitro groups is 1. The fourth-order valence-corrected chi connectivity index (χ4v) is 4.19. The molecule has 0 bridgehead atoms. The number of benzene rings is 3. The zero-order valence-electron chi connectivity index (χ0n) is 15.1. The van der Waals surface area contributed by atoms with E-state index in [1.807, 2.05) is 24.3 Å². The van der Waals surface area contributed by atoms with Crippen molar-refractivity contribution in [3.05, 3.63) is 111 Å². The van der Waals surface area contributed by atoms with Crippen LogP contribution in [0.1, 0.15) is 34.5 Å². The molecule has 2 atom stereocenters. The molecular weight excluding hydrogens is 350 g/mol. The summed E-state index contributed by atoms with van der Waals surface area (Å²) < 4.78 is 0. The number of aromatic amines is 1. The highest BCUT2D eigenvalue weighted by Crippen LogP contribution is 2.39. The summed E-state index contributed by atoms with van der Waals surface area (Å²) in [5.74, 6) is 0. The highest BCUT2D eigenvalue weighted by Gasteiger charge is 2.31. The van der Waals surface area contributed by atoms with Crippen molar-refractivity contribution < 1.29 is 4.92 Å². The molecule has 1 aromatic heterocycles. The van der Waals surface area contributed by atoms with Gasteiger partial charge in [-0.1, -0.05) is 60.7 Å². The number of hydrogen-bond donors (Lipinski definition) is 2. The quantitative estimate of drug-likeness (QED) is 0.392. The summed E-state index contributed by atoms with van der Waals surface area (Å²) in [7, 11) is 0. The van der Waals surface area contributed by atoms with E-state index in [4.69, 9.17) is 0 Å². The second-order valence-electron chi connectivity index (χ2n) is 7.18. The number of nitrogens with one attached hydrogen (secondary N) is 2. The van der Waals surface area contributed by atoms with Crippen molar-refractivity contribution in [3.8, 4) is 0 Å². The summed E-state index contributed by atoms with van der Waals surface area (Å²) in [6, 6.07) is 25.7. The normalized spacial score (nSPS) is 18.7. The molecule has 0 spiro atoms. The van der Waals surface area contributed by atoms with Gasteiger partial charge in [0.2, 0.25) is 0 Å². The average Bonchev–Trinajstić information content (AvgIpc) is 3.12. The predicted octanol–water partition coefficient (Wildman–Crippen LogP) is 5.05. The number of nitro benzene ring substituents is 1. The van der Waals surface area contributed by atoms with Gasteiger partial charge in [0.15, 0.2) is 0 Å². The van der Waals surface area contributed by atoms with Crippen LogP contribution in [0.4, 0.5) is 5.69 Å². The fourth-order valence-electron chi connectivity index (χ4n) is 4.19. The van der Waals surface area contributed by atoms with Crippen LogP contribution in [0.15, 0.2) is 78.9 Å². The number of non-ortho nitro benzene ring substituents is 1. The number of para-hydroxylation sites is 1. The van der Waals surface area contributed by atoms with Gasteiger partial charge in [-0.15, -0.1) is 0 Å². The molecule has 2 heterocycles.